The van der Waals surface area contributed by atoms with Crippen molar-refractivity contribution in [3.63, 3.8) is 0 Å². The van der Waals surface area contributed by atoms with Gasteiger partial charge in [-0.15, -0.1) is 0 Å². The largest absolute Gasteiger partial charge is 0.489 e. The van der Waals surface area contributed by atoms with Crippen molar-refractivity contribution < 1.29 is 14.3 Å². The third-order valence-corrected chi connectivity index (χ3v) is 4.56. The second-order valence-electron chi connectivity index (χ2n) is 6.68. The van der Waals surface area contributed by atoms with E-state index < -0.39 is 5.91 Å². The second-order valence-corrected chi connectivity index (χ2v) is 6.68. The summed E-state index contributed by atoms with van der Waals surface area (Å²) in [6, 6.07) is 18.4. The molecule has 0 aromatic heterocycles. The van der Waals surface area contributed by atoms with E-state index in [0.717, 1.165) is 30.6 Å². The Kier molecular flexibility index (Phi) is 7.00. The summed E-state index contributed by atoms with van der Waals surface area (Å²) in [7, 11) is 0. The Labute approximate surface area is 170 Å². The lowest BCUT2D eigenvalue weighted by Gasteiger charge is -2.10. The van der Waals surface area contributed by atoms with Gasteiger partial charge in [-0.2, -0.15) is 10.5 Å². The molecule has 0 saturated carbocycles. The number of nitrogens with zero attached hydrogens (tertiary/aromatic N) is 2. The minimum absolute atomic E-state index is 0.0337. The first-order valence-corrected chi connectivity index (χ1v) is 9.41. The van der Waals surface area contributed by atoms with Gasteiger partial charge >= 0.3 is 0 Å². The monoisotopic (exact) mass is 387 g/mol. The second kappa shape index (κ2) is 10.1. The van der Waals surface area contributed by atoms with Gasteiger partial charge in [-0.25, -0.2) is 0 Å². The van der Waals surface area contributed by atoms with E-state index in [1.807, 2.05) is 18.2 Å². The first-order chi connectivity index (χ1) is 14.2. The summed E-state index contributed by atoms with van der Waals surface area (Å²) in [5.74, 6) is 0.275. The maximum atomic E-state index is 12.2. The third kappa shape index (κ3) is 5.93. The van der Waals surface area contributed by atoms with Crippen molar-refractivity contribution in [1.29, 1.82) is 10.5 Å². The van der Waals surface area contributed by atoms with Crippen LogP contribution in [0.4, 0.5) is 0 Å². The molecule has 1 fully saturated rings. The molecule has 2 aromatic rings. The van der Waals surface area contributed by atoms with E-state index in [0.29, 0.717) is 24.5 Å². The van der Waals surface area contributed by atoms with Gasteiger partial charge in [0.15, 0.2) is 0 Å². The average Bonchev–Trinajstić information content (AvgIpc) is 3.29. The predicted molar refractivity (Wildman–Crippen MR) is 108 cm³/mol. The number of hydrogen-bond donors (Lipinski definition) is 1. The highest BCUT2D eigenvalue weighted by Gasteiger charge is 2.17. The maximum Gasteiger partial charge on any atom is 0.262 e. The van der Waals surface area contributed by atoms with Gasteiger partial charge in [-0.05, 0) is 54.3 Å². The molecule has 1 saturated heterocycles. The Morgan fingerprint density at radius 2 is 1.93 bits per heavy atom. The number of nitriles is 2. The van der Waals surface area contributed by atoms with Crippen LogP contribution in [-0.4, -0.2) is 25.2 Å². The van der Waals surface area contributed by atoms with Gasteiger partial charge in [0.25, 0.3) is 5.91 Å². The van der Waals surface area contributed by atoms with Crippen molar-refractivity contribution in [2.45, 2.75) is 25.6 Å². The van der Waals surface area contributed by atoms with Crippen LogP contribution in [-0.2, 0) is 16.1 Å². The molecule has 0 spiro atoms. The summed E-state index contributed by atoms with van der Waals surface area (Å²) in [6.07, 6.45) is 3.51. The first-order valence-electron chi connectivity index (χ1n) is 9.41. The third-order valence-electron chi connectivity index (χ3n) is 4.56. The van der Waals surface area contributed by atoms with Crippen LogP contribution >= 0.6 is 0 Å². The fraction of sp³-hybridized carbons (Fsp3) is 0.261. The molecule has 0 bridgehead atoms. The molecular formula is C23H21N3O3. The van der Waals surface area contributed by atoms with Gasteiger partial charge in [-0.3, -0.25) is 4.79 Å². The van der Waals surface area contributed by atoms with Gasteiger partial charge in [0.2, 0.25) is 0 Å². The van der Waals surface area contributed by atoms with E-state index in [1.165, 1.54) is 0 Å². The molecule has 1 heterocycles. The zero-order valence-electron chi connectivity index (χ0n) is 15.9. The van der Waals surface area contributed by atoms with E-state index in [1.54, 1.807) is 42.5 Å². The number of carbonyl (C=O) groups is 1. The van der Waals surface area contributed by atoms with Crippen LogP contribution in [0.5, 0.6) is 5.75 Å². The Morgan fingerprint density at radius 1 is 1.17 bits per heavy atom. The lowest BCUT2D eigenvalue weighted by Crippen LogP contribution is -2.32. The summed E-state index contributed by atoms with van der Waals surface area (Å²) >= 11 is 0. The lowest BCUT2D eigenvalue weighted by molar-refractivity contribution is -0.117. The van der Waals surface area contributed by atoms with Gasteiger partial charge in [0.05, 0.1) is 17.7 Å². The summed E-state index contributed by atoms with van der Waals surface area (Å²) in [4.78, 5) is 12.2. The summed E-state index contributed by atoms with van der Waals surface area (Å²) in [5.41, 5.74) is 2.36. The van der Waals surface area contributed by atoms with Crippen LogP contribution in [0.2, 0.25) is 0 Å². The molecule has 0 unspecified atom stereocenters. The highest BCUT2D eigenvalue weighted by atomic mass is 16.5. The van der Waals surface area contributed by atoms with Crippen LogP contribution in [0.3, 0.4) is 0 Å². The molecule has 1 atom stereocenters. The Balaban J connectivity index is 1.55. The molecule has 29 heavy (non-hydrogen) atoms. The number of benzene rings is 2. The molecule has 0 radical (unpaired) electrons. The molecule has 146 valence electrons. The summed E-state index contributed by atoms with van der Waals surface area (Å²) in [6.45, 7) is 1.52. The number of nitrogens with one attached hydrogen (secondary N) is 1. The zero-order chi connectivity index (χ0) is 20.5. The number of ether oxygens (including phenoxy) is 2. The molecule has 3 rings (SSSR count). The van der Waals surface area contributed by atoms with Gasteiger partial charge in [-0.1, -0.05) is 24.3 Å². The molecule has 1 aliphatic rings. The number of rotatable bonds is 7. The quantitative estimate of drug-likeness (QED) is 0.581. The number of hydrogen-bond acceptors (Lipinski definition) is 5. The number of amides is 1. The normalized spacial score (nSPS) is 15.9. The van der Waals surface area contributed by atoms with E-state index in [4.69, 9.17) is 14.7 Å². The van der Waals surface area contributed by atoms with E-state index in [2.05, 4.69) is 11.4 Å². The molecule has 6 heteroatoms. The smallest absolute Gasteiger partial charge is 0.262 e. The topological polar surface area (TPSA) is 95.1 Å². The minimum atomic E-state index is -0.399. The molecule has 1 amide bonds. The fourth-order valence-corrected chi connectivity index (χ4v) is 2.92. The van der Waals surface area contributed by atoms with Crippen molar-refractivity contribution in [3.05, 3.63) is 70.8 Å². The standard InChI is InChI=1S/C23H21N3O3/c24-13-18-3-5-19(6-4-18)16-29-21-9-7-17(8-10-21)12-20(14-25)23(27)26-15-22-2-1-11-28-22/h3-10,12,22H,1-2,11,15-16H2,(H,26,27)/b20-12+/t22-/m1/s1. The lowest BCUT2D eigenvalue weighted by atomic mass is 10.1. The molecule has 6 nitrogen and oxygen atoms in total. The van der Waals surface area contributed by atoms with E-state index >= 15 is 0 Å². The SMILES string of the molecule is N#C/C(=C\c1ccc(OCc2ccc(C#N)cc2)cc1)C(=O)NC[C@H]1CCCO1. The number of carbonyl (C=O) groups excluding carboxylic acids is 1. The van der Waals surface area contributed by atoms with Gasteiger partial charge in [0, 0.05) is 13.2 Å². The summed E-state index contributed by atoms with van der Waals surface area (Å²) in [5, 5.41) is 20.9. The minimum Gasteiger partial charge on any atom is -0.489 e. The van der Waals surface area contributed by atoms with E-state index in [-0.39, 0.29) is 11.7 Å². The molecule has 1 aliphatic heterocycles. The van der Waals surface area contributed by atoms with Crippen molar-refractivity contribution in [2.75, 3.05) is 13.2 Å². The molecule has 2 aromatic carbocycles. The van der Waals surface area contributed by atoms with Crippen LogP contribution in [0.25, 0.3) is 6.08 Å². The Bertz CT molecular complexity index is 945. The van der Waals surface area contributed by atoms with Gasteiger partial charge < -0.3 is 14.8 Å². The van der Waals surface area contributed by atoms with Crippen LogP contribution in [0.15, 0.2) is 54.1 Å². The van der Waals surface area contributed by atoms with Crippen molar-refractivity contribution in [2.24, 2.45) is 0 Å². The highest BCUT2D eigenvalue weighted by Crippen LogP contribution is 2.17. The zero-order valence-corrected chi connectivity index (χ0v) is 15.9. The first kappa shape index (κ1) is 20.1. The molecule has 1 N–H and O–H groups in total. The van der Waals surface area contributed by atoms with Crippen molar-refractivity contribution in [1.82, 2.24) is 5.32 Å². The Morgan fingerprint density at radius 3 is 2.55 bits per heavy atom. The Hall–Kier alpha value is -3.61. The van der Waals surface area contributed by atoms with Crippen molar-refractivity contribution in [3.8, 4) is 17.9 Å². The van der Waals surface area contributed by atoms with Gasteiger partial charge in [0.1, 0.15) is 24.0 Å². The maximum absolute atomic E-state index is 12.2. The molecule has 0 aliphatic carbocycles. The van der Waals surface area contributed by atoms with Crippen molar-refractivity contribution >= 4 is 12.0 Å². The predicted octanol–water partition coefficient (Wildman–Crippen LogP) is 3.34. The van der Waals surface area contributed by atoms with Crippen LogP contribution in [0.1, 0.15) is 29.5 Å². The summed E-state index contributed by atoms with van der Waals surface area (Å²) < 4.78 is 11.2. The van der Waals surface area contributed by atoms with Crippen LogP contribution < -0.4 is 10.1 Å². The highest BCUT2D eigenvalue weighted by molar-refractivity contribution is 6.01. The fourth-order valence-electron chi connectivity index (χ4n) is 2.92. The van der Waals surface area contributed by atoms with Crippen LogP contribution in [0, 0.1) is 22.7 Å². The molecular weight excluding hydrogens is 366 g/mol. The average molecular weight is 387 g/mol. The van der Waals surface area contributed by atoms with E-state index in [9.17, 15) is 10.1 Å².